The number of hydrogen-bond acceptors (Lipinski definition) is 3. The van der Waals surface area contributed by atoms with Gasteiger partial charge in [-0.15, -0.1) is 0 Å². The number of rotatable bonds is 3. The average molecular weight is 500 g/mol. The van der Waals surface area contributed by atoms with E-state index >= 15 is 0 Å². The van der Waals surface area contributed by atoms with E-state index in [4.69, 9.17) is 0 Å². The van der Waals surface area contributed by atoms with Crippen molar-refractivity contribution in [1.29, 1.82) is 0 Å². The molecule has 1 aliphatic rings. The van der Waals surface area contributed by atoms with Gasteiger partial charge in [0.1, 0.15) is 0 Å². The van der Waals surface area contributed by atoms with Crippen LogP contribution < -0.4 is 5.32 Å². The zero-order valence-electron chi connectivity index (χ0n) is 15.1. The fraction of sp³-hybridized carbons (Fsp3) is 0.174. The predicted molar refractivity (Wildman–Crippen MR) is 120 cm³/mol. The van der Waals surface area contributed by atoms with Crippen LogP contribution >= 0.6 is 31.9 Å². The van der Waals surface area contributed by atoms with E-state index in [1.165, 1.54) is 11.1 Å². The minimum absolute atomic E-state index is 0.00352. The highest BCUT2D eigenvalue weighted by molar-refractivity contribution is 9.10. The van der Waals surface area contributed by atoms with Gasteiger partial charge in [-0.2, -0.15) is 0 Å². The Morgan fingerprint density at radius 3 is 1.89 bits per heavy atom. The molecule has 28 heavy (non-hydrogen) atoms. The number of benzene rings is 3. The van der Waals surface area contributed by atoms with Crippen molar-refractivity contribution < 1.29 is 5.21 Å². The van der Waals surface area contributed by atoms with E-state index < -0.39 is 0 Å². The molecular formula is C23H20Br2N2O. The maximum atomic E-state index is 9.89. The van der Waals surface area contributed by atoms with E-state index in [2.05, 4.69) is 90.9 Å². The summed E-state index contributed by atoms with van der Waals surface area (Å²) in [6.07, 6.45) is 0.657. The normalized spacial score (nSPS) is 23.6. The van der Waals surface area contributed by atoms with Gasteiger partial charge in [0.25, 0.3) is 0 Å². The first-order chi connectivity index (χ1) is 13.7. The van der Waals surface area contributed by atoms with E-state index in [0.717, 1.165) is 20.2 Å². The molecule has 1 saturated heterocycles. The lowest BCUT2D eigenvalue weighted by Crippen LogP contribution is -2.41. The zero-order chi connectivity index (χ0) is 19.5. The number of halogens is 2. The second-order valence-corrected chi connectivity index (χ2v) is 8.82. The summed E-state index contributed by atoms with van der Waals surface area (Å²) in [6.45, 7) is 0. The van der Waals surface area contributed by atoms with Crippen molar-refractivity contribution >= 4 is 37.6 Å². The third-order valence-electron chi connectivity index (χ3n) is 5.27. The SMILES string of the molecule is O/N=C1\CC(c2ccc(Br)cc2)NC(c2ccc(Br)cc2)C1c1ccccc1. The molecule has 1 fully saturated rings. The van der Waals surface area contributed by atoms with Crippen molar-refractivity contribution in [2.24, 2.45) is 5.16 Å². The van der Waals surface area contributed by atoms with Gasteiger partial charge in [-0.3, -0.25) is 0 Å². The molecule has 0 amide bonds. The van der Waals surface area contributed by atoms with Crippen LogP contribution in [0.1, 0.15) is 41.1 Å². The molecule has 0 saturated carbocycles. The molecule has 4 rings (SSSR count). The lowest BCUT2D eigenvalue weighted by Gasteiger charge is -2.39. The second kappa shape index (κ2) is 8.60. The molecule has 3 nitrogen and oxygen atoms in total. The lowest BCUT2D eigenvalue weighted by atomic mass is 9.77. The van der Waals surface area contributed by atoms with Crippen LogP contribution in [0, 0.1) is 0 Å². The lowest BCUT2D eigenvalue weighted by molar-refractivity contribution is 0.302. The Kier molecular flexibility index (Phi) is 5.95. The van der Waals surface area contributed by atoms with Crippen LogP contribution in [0.3, 0.4) is 0 Å². The topological polar surface area (TPSA) is 44.6 Å². The summed E-state index contributed by atoms with van der Waals surface area (Å²) < 4.78 is 2.10. The van der Waals surface area contributed by atoms with Crippen molar-refractivity contribution in [1.82, 2.24) is 5.32 Å². The molecule has 5 heteroatoms. The molecule has 0 radical (unpaired) electrons. The molecule has 2 N–H and O–H groups in total. The molecule has 0 aliphatic carbocycles. The van der Waals surface area contributed by atoms with Crippen LogP contribution in [0.5, 0.6) is 0 Å². The zero-order valence-corrected chi connectivity index (χ0v) is 18.3. The predicted octanol–water partition coefficient (Wildman–Crippen LogP) is 6.60. The Bertz CT molecular complexity index is 956. The Morgan fingerprint density at radius 2 is 1.32 bits per heavy atom. The van der Waals surface area contributed by atoms with Crippen molar-refractivity contribution in [3.63, 3.8) is 0 Å². The molecule has 0 bridgehead atoms. The molecule has 3 aromatic rings. The third kappa shape index (κ3) is 4.07. The minimum atomic E-state index is -0.0286. The highest BCUT2D eigenvalue weighted by Crippen LogP contribution is 2.41. The van der Waals surface area contributed by atoms with E-state index in [9.17, 15) is 5.21 Å². The van der Waals surface area contributed by atoms with Crippen LogP contribution in [0.15, 0.2) is 93.0 Å². The molecule has 3 aromatic carbocycles. The highest BCUT2D eigenvalue weighted by Gasteiger charge is 2.37. The summed E-state index contributed by atoms with van der Waals surface area (Å²) >= 11 is 7.02. The molecule has 0 aromatic heterocycles. The van der Waals surface area contributed by atoms with Gasteiger partial charge in [0.15, 0.2) is 0 Å². The number of nitrogens with one attached hydrogen (secondary N) is 1. The molecule has 3 unspecified atom stereocenters. The van der Waals surface area contributed by atoms with Crippen molar-refractivity contribution in [3.05, 3.63) is 104 Å². The Hall–Kier alpha value is -1.95. The smallest absolute Gasteiger partial charge is 0.0683 e. The standard InChI is InChI=1S/C23H20Br2N2O/c24-18-10-6-15(7-11-18)20-14-21(27-28)22(16-4-2-1-3-5-16)23(26-20)17-8-12-19(25)13-9-17/h1-13,20,22-23,26,28H,14H2/b27-21+. The molecule has 3 atom stereocenters. The summed E-state index contributed by atoms with van der Waals surface area (Å²) in [7, 11) is 0. The van der Waals surface area contributed by atoms with Gasteiger partial charge in [0, 0.05) is 33.4 Å². The molecule has 142 valence electrons. The monoisotopic (exact) mass is 498 g/mol. The van der Waals surface area contributed by atoms with Crippen molar-refractivity contribution in [2.75, 3.05) is 0 Å². The van der Waals surface area contributed by atoms with Crippen LogP contribution in [0.4, 0.5) is 0 Å². The number of piperidine rings is 1. The number of hydrogen-bond donors (Lipinski definition) is 2. The van der Waals surface area contributed by atoms with Crippen LogP contribution in [0.2, 0.25) is 0 Å². The van der Waals surface area contributed by atoms with Crippen LogP contribution in [-0.2, 0) is 0 Å². The third-order valence-corrected chi connectivity index (χ3v) is 6.33. The summed E-state index contributed by atoms with van der Waals surface area (Å²) in [5, 5.41) is 17.5. The van der Waals surface area contributed by atoms with E-state index in [1.807, 2.05) is 30.3 Å². The summed E-state index contributed by atoms with van der Waals surface area (Å²) in [5.41, 5.74) is 4.29. The fourth-order valence-electron chi connectivity index (χ4n) is 3.92. The largest absolute Gasteiger partial charge is 0.411 e. The van der Waals surface area contributed by atoms with Gasteiger partial charge >= 0.3 is 0 Å². The number of nitrogens with zero attached hydrogens (tertiary/aromatic N) is 1. The first kappa shape index (κ1) is 19.4. The molecule has 1 aliphatic heterocycles. The minimum Gasteiger partial charge on any atom is -0.411 e. The van der Waals surface area contributed by atoms with Crippen molar-refractivity contribution in [2.45, 2.75) is 24.4 Å². The van der Waals surface area contributed by atoms with Gasteiger partial charge in [0.2, 0.25) is 0 Å². The number of oxime groups is 1. The molecule has 1 heterocycles. The van der Waals surface area contributed by atoms with E-state index in [0.29, 0.717) is 6.42 Å². The fourth-order valence-corrected chi connectivity index (χ4v) is 4.45. The second-order valence-electron chi connectivity index (χ2n) is 6.98. The Balaban J connectivity index is 1.77. The quantitative estimate of drug-likeness (QED) is 0.315. The molecule has 0 spiro atoms. The van der Waals surface area contributed by atoms with Gasteiger partial charge in [-0.05, 0) is 41.0 Å². The maximum Gasteiger partial charge on any atom is 0.0683 e. The van der Waals surface area contributed by atoms with Crippen LogP contribution in [-0.4, -0.2) is 10.9 Å². The average Bonchev–Trinajstić information content (AvgIpc) is 2.74. The molecular weight excluding hydrogens is 480 g/mol. The van der Waals surface area contributed by atoms with E-state index in [1.54, 1.807) is 0 Å². The summed E-state index contributed by atoms with van der Waals surface area (Å²) in [6, 6.07) is 27.0. The maximum absolute atomic E-state index is 9.89. The summed E-state index contributed by atoms with van der Waals surface area (Å²) in [5.74, 6) is -0.0286. The first-order valence-electron chi connectivity index (χ1n) is 9.18. The van der Waals surface area contributed by atoms with Gasteiger partial charge in [-0.1, -0.05) is 91.6 Å². The van der Waals surface area contributed by atoms with Gasteiger partial charge < -0.3 is 10.5 Å². The Labute approximate surface area is 181 Å². The Morgan fingerprint density at radius 1 is 0.750 bits per heavy atom. The van der Waals surface area contributed by atoms with Crippen molar-refractivity contribution in [3.8, 4) is 0 Å². The van der Waals surface area contributed by atoms with Gasteiger partial charge in [-0.25, -0.2) is 0 Å². The van der Waals surface area contributed by atoms with Gasteiger partial charge in [0.05, 0.1) is 5.71 Å². The summed E-state index contributed by atoms with van der Waals surface area (Å²) in [4.78, 5) is 0. The van der Waals surface area contributed by atoms with Crippen LogP contribution in [0.25, 0.3) is 0 Å². The highest BCUT2D eigenvalue weighted by atomic mass is 79.9. The first-order valence-corrected chi connectivity index (χ1v) is 10.8. The van der Waals surface area contributed by atoms with E-state index in [-0.39, 0.29) is 18.0 Å².